The molecular formula is C30H34FN7O. The van der Waals surface area contributed by atoms with Crippen molar-refractivity contribution < 1.29 is 9.13 Å². The Balaban J connectivity index is 1.25. The molecule has 1 aromatic carbocycles. The van der Waals surface area contributed by atoms with Crippen LogP contribution in [-0.4, -0.2) is 53.1 Å². The SMILES string of the molecule is CCc1c(Oc2ncnc(NC3C=C(F)C(N4CCNCC4)=CC3)c2C#N)ccc2c1C=C(C)CC1CC2N1. The number of anilines is 1. The van der Waals surface area contributed by atoms with Crippen molar-refractivity contribution in [2.24, 2.45) is 0 Å². The number of nitriles is 1. The second-order valence-electron chi connectivity index (χ2n) is 10.7. The van der Waals surface area contributed by atoms with E-state index in [4.69, 9.17) is 4.74 Å². The van der Waals surface area contributed by atoms with Gasteiger partial charge in [0.25, 0.3) is 0 Å². The van der Waals surface area contributed by atoms with Gasteiger partial charge in [0.2, 0.25) is 5.88 Å². The van der Waals surface area contributed by atoms with Crippen molar-refractivity contribution in [3.05, 3.63) is 70.0 Å². The molecule has 0 spiro atoms. The molecule has 3 N–H and O–H groups in total. The first-order chi connectivity index (χ1) is 19.0. The second-order valence-corrected chi connectivity index (χ2v) is 10.7. The molecule has 8 nitrogen and oxygen atoms in total. The fourth-order valence-corrected chi connectivity index (χ4v) is 6.08. The highest BCUT2D eigenvalue weighted by Gasteiger charge is 2.33. The predicted octanol–water partition coefficient (Wildman–Crippen LogP) is 4.74. The number of allylic oxidation sites excluding steroid dienone is 1. The van der Waals surface area contributed by atoms with Gasteiger partial charge in [0.1, 0.15) is 24.0 Å². The first-order valence-corrected chi connectivity index (χ1v) is 13.9. The summed E-state index contributed by atoms with van der Waals surface area (Å²) in [5.74, 6) is 0.953. The number of halogens is 1. The standard InChI is InChI=1S/C30H34FN7O/c1-3-21-23-13-18(2)12-20-15-26(36-20)22(23)5-7-28(21)39-30-24(16-32)29(34-17-35-30)37-19-4-6-27(25(31)14-19)38-10-8-33-9-11-38/h5-7,13-14,17,19-20,26,33,36H,3-4,8-12,15H2,1-2H3,(H,34,35,37). The van der Waals surface area contributed by atoms with Gasteiger partial charge < -0.3 is 25.6 Å². The zero-order valence-corrected chi connectivity index (χ0v) is 22.4. The molecule has 2 aromatic rings. The lowest BCUT2D eigenvalue weighted by atomic mass is 9.80. The molecule has 7 rings (SSSR count). The van der Waals surface area contributed by atoms with Gasteiger partial charge in [-0.1, -0.05) is 30.7 Å². The average Bonchev–Trinajstić information content (AvgIpc) is 2.91. The number of hydrogen-bond acceptors (Lipinski definition) is 8. The van der Waals surface area contributed by atoms with Crippen LogP contribution in [0.2, 0.25) is 0 Å². The van der Waals surface area contributed by atoms with Crippen LogP contribution in [-0.2, 0) is 6.42 Å². The molecule has 2 fully saturated rings. The summed E-state index contributed by atoms with van der Waals surface area (Å²) in [7, 11) is 0. The molecule has 2 aliphatic carbocycles. The van der Waals surface area contributed by atoms with Crippen LogP contribution in [0.15, 0.2) is 47.7 Å². The average molecular weight is 528 g/mol. The number of nitrogens with zero attached hydrogens (tertiary/aromatic N) is 4. The van der Waals surface area contributed by atoms with E-state index in [0.717, 1.165) is 51.0 Å². The molecule has 0 radical (unpaired) electrons. The molecule has 4 heterocycles. The molecular weight excluding hydrogens is 493 g/mol. The van der Waals surface area contributed by atoms with Gasteiger partial charge in [-0.3, -0.25) is 0 Å². The van der Waals surface area contributed by atoms with E-state index >= 15 is 4.39 Å². The summed E-state index contributed by atoms with van der Waals surface area (Å²) in [6.45, 7) is 7.56. The number of benzene rings is 1. The molecule has 5 aliphatic rings. The van der Waals surface area contributed by atoms with Gasteiger partial charge in [-0.25, -0.2) is 14.4 Å². The van der Waals surface area contributed by atoms with Crippen molar-refractivity contribution in [3.8, 4) is 17.7 Å². The van der Waals surface area contributed by atoms with E-state index in [0.29, 0.717) is 35.8 Å². The first-order valence-electron chi connectivity index (χ1n) is 13.9. The van der Waals surface area contributed by atoms with E-state index < -0.39 is 0 Å². The Kier molecular flexibility index (Phi) is 7.07. The Hall–Kier alpha value is -3.74. The number of aromatic nitrogens is 2. The number of ether oxygens (including phenoxy) is 1. The third-order valence-corrected chi connectivity index (χ3v) is 8.06. The molecule has 3 atom stereocenters. The van der Waals surface area contributed by atoms with Crippen molar-refractivity contribution in [1.82, 2.24) is 25.5 Å². The van der Waals surface area contributed by atoms with Crippen LogP contribution in [0.5, 0.6) is 11.6 Å². The highest BCUT2D eigenvalue weighted by molar-refractivity contribution is 5.66. The smallest absolute Gasteiger partial charge is 0.242 e. The first kappa shape index (κ1) is 25.5. The van der Waals surface area contributed by atoms with Gasteiger partial charge in [0.15, 0.2) is 11.4 Å². The lowest BCUT2D eigenvalue weighted by molar-refractivity contribution is 0.264. The van der Waals surface area contributed by atoms with Gasteiger partial charge in [-0.15, -0.1) is 0 Å². The van der Waals surface area contributed by atoms with Crippen LogP contribution in [0.25, 0.3) is 6.08 Å². The molecule has 3 unspecified atom stereocenters. The largest absolute Gasteiger partial charge is 0.437 e. The Morgan fingerprint density at radius 2 is 2.08 bits per heavy atom. The van der Waals surface area contributed by atoms with Crippen molar-refractivity contribution in [3.63, 3.8) is 0 Å². The number of hydrogen-bond donors (Lipinski definition) is 3. The van der Waals surface area contributed by atoms with Crippen LogP contribution in [0.4, 0.5) is 10.2 Å². The van der Waals surface area contributed by atoms with Crippen molar-refractivity contribution in [2.75, 3.05) is 31.5 Å². The summed E-state index contributed by atoms with van der Waals surface area (Å²) in [6, 6.07) is 6.90. The van der Waals surface area contributed by atoms with E-state index in [1.165, 1.54) is 23.0 Å². The monoisotopic (exact) mass is 527 g/mol. The summed E-state index contributed by atoms with van der Waals surface area (Å²) in [4.78, 5) is 10.7. The lowest BCUT2D eigenvalue weighted by Crippen LogP contribution is -2.46. The number of fused-ring (bicyclic) bond motifs is 1. The molecule has 0 saturated carbocycles. The molecule has 2 saturated heterocycles. The minimum absolute atomic E-state index is 0.190. The van der Waals surface area contributed by atoms with E-state index in [1.807, 2.05) is 12.1 Å². The number of piperazine rings is 1. The molecule has 3 aliphatic heterocycles. The van der Waals surface area contributed by atoms with Crippen LogP contribution in [0.1, 0.15) is 61.4 Å². The lowest BCUT2D eigenvalue weighted by Gasteiger charge is -2.41. The maximum Gasteiger partial charge on any atom is 0.242 e. The molecule has 1 aromatic heterocycles. The fourth-order valence-electron chi connectivity index (χ4n) is 6.08. The second kappa shape index (κ2) is 10.8. The number of nitrogens with one attached hydrogen (secondary N) is 3. The quantitative estimate of drug-likeness (QED) is 0.496. The molecule has 39 heavy (non-hydrogen) atoms. The predicted molar refractivity (Wildman–Crippen MR) is 149 cm³/mol. The summed E-state index contributed by atoms with van der Waals surface area (Å²) >= 11 is 0. The highest BCUT2D eigenvalue weighted by atomic mass is 19.1. The number of rotatable bonds is 6. The van der Waals surface area contributed by atoms with Crippen molar-refractivity contribution >= 4 is 11.9 Å². The van der Waals surface area contributed by atoms with Crippen molar-refractivity contribution in [1.29, 1.82) is 5.26 Å². The summed E-state index contributed by atoms with van der Waals surface area (Å²) in [5, 5.41) is 20.3. The Labute approximate surface area is 228 Å². The van der Waals surface area contributed by atoms with E-state index in [2.05, 4.69) is 62.9 Å². The molecule has 202 valence electrons. The Bertz CT molecular complexity index is 1400. The van der Waals surface area contributed by atoms with Gasteiger partial charge in [-0.05, 0) is 55.9 Å². The highest BCUT2D eigenvalue weighted by Crippen LogP contribution is 2.41. The van der Waals surface area contributed by atoms with Crippen LogP contribution >= 0.6 is 0 Å². The van der Waals surface area contributed by atoms with E-state index in [-0.39, 0.29) is 23.3 Å². The maximum absolute atomic E-state index is 15.0. The Morgan fingerprint density at radius 1 is 1.26 bits per heavy atom. The molecule has 0 amide bonds. The van der Waals surface area contributed by atoms with E-state index in [1.54, 1.807) is 6.08 Å². The fraction of sp³-hybridized carbons (Fsp3) is 0.433. The summed E-state index contributed by atoms with van der Waals surface area (Å²) in [6.07, 6.45) is 10.7. The van der Waals surface area contributed by atoms with Gasteiger partial charge >= 0.3 is 0 Å². The zero-order valence-electron chi connectivity index (χ0n) is 22.4. The third-order valence-electron chi connectivity index (χ3n) is 8.06. The summed E-state index contributed by atoms with van der Waals surface area (Å²) < 4.78 is 21.3. The minimum Gasteiger partial charge on any atom is -0.437 e. The van der Waals surface area contributed by atoms with E-state index in [9.17, 15) is 5.26 Å². The van der Waals surface area contributed by atoms with Crippen LogP contribution in [0, 0.1) is 11.3 Å². The minimum atomic E-state index is -0.332. The van der Waals surface area contributed by atoms with Gasteiger partial charge in [0, 0.05) is 43.8 Å². The zero-order chi connectivity index (χ0) is 26.9. The topological polar surface area (TPSA) is 98.1 Å². The third kappa shape index (κ3) is 5.02. The van der Waals surface area contributed by atoms with Gasteiger partial charge in [-0.2, -0.15) is 5.26 Å². The van der Waals surface area contributed by atoms with Crippen LogP contribution in [0.3, 0.4) is 0 Å². The van der Waals surface area contributed by atoms with Crippen molar-refractivity contribution in [2.45, 2.75) is 57.7 Å². The van der Waals surface area contributed by atoms with Crippen LogP contribution < -0.4 is 20.7 Å². The maximum atomic E-state index is 15.0. The Morgan fingerprint density at radius 3 is 2.82 bits per heavy atom. The normalized spacial score (nSPS) is 24.1. The molecule has 9 heteroatoms. The van der Waals surface area contributed by atoms with Gasteiger partial charge in [0.05, 0.1) is 11.7 Å². The summed E-state index contributed by atoms with van der Waals surface area (Å²) in [5.41, 5.74) is 5.77. The molecule has 2 bridgehead atoms.